The molecule has 1 aliphatic rings. The summed E-state index contributed by atoms with van der Waals surface area (Å²) in [4.78, 5) is 15.3. The number of nitrogens with zero attached hydrogens (tertiary/aromatic N) is 1. The molecule has 0 radical (unpaired) electrons. The van der Waals surface area contributed by atoms with Gasteiger partial charge in [-0.2, -0.15) is 0 Å². The summed E-state index contributed by atoms with van der Waals surface area (Å²) in [5, 5.41) is 10.2. The van der Waals surface area contributed by atoms with E-state index in [1.807, 2.05) is 24.3 Å². The molecule has 1 aromatic heterocycles. The molecule has 1 heterocycles. The lowest BCUT2D eigenvalue weighted by Crippen LogP contribution is -2.36. The minimum Gasteiger partial charge on any atom is -0.481 e. The number of benzene rings is 1. The lowest BCUT2D eigenvalue weighted by Gasteiger charge is -2.41. The molecule has 1 saturated carbocycles. The van der Waals surface area contributed by atoms with Gasteiger partial charge in [0.25, 0.3) is 0 Å². The molecule has 0 atom stereocenters. The predicted octanol–water partition coefficient (Wildman–Crippen LogP) is 3.13. The largest absolute Gasteiger partial charge is 0.481 e. The standard InChI is InChI=1S/C15H15NO2/c17-14(18)10-15(6-2-7-15)12-4-5-13-11(9-12)3-1-8-16-13/h1,3-5,8-9H,2,6-7,10H2,(H,17,18). The zero-order valence-electron chi connectivity index (χ0n) is 10.1. The van der Waals surface area contributed by atoms with Gasteiger partial charge in [-0.15, -0.1) is 0 Å². The van der Waals surface area contributed by atoms with Crippen molar-refractivity contribution in [1.29, 1.82) is 0 Å². The molecule has 0 unspecified atom stereocenters. The molecule has 1 fully saturated rings. The third-order valence-electron chi connectivity index (χ3n) is 4.02. The van der Waals surface area contributed by atoms with Gasteiger partial charge in [0.15, 0.2) is 0 Å². The summed E-state index contributed by atoms with van der Waals surface area (Å²) in [6, 6.07) is 10.1. The van der Waals surface area contributed by atoms with E-state index in [0.29, 0.717) is 0 Å². The van der Waals surface area contributed by atoms with Crippen molar-refractivity contribution in [2.24, 2.45) is 0 Å². The van der Waals surface area contributed by atoms with Crippen molar-refractivity contribution in [3.05, 3.63) is 42.1 Å². The molecule has 3 rings (SSSR count). The Morgan fingerprint density at radius 1 is 1.33 bits per heavy atom. The molecule has 1 N–H and O–H groups in total. The van der Waals surface area contributed by atoms with Crippen LogP contribution < -0.4 is 0 Å². The normalized spacial score (nSPS) is 17.3. The fraction of sp³-hybridized carbons (Fsp3) is 0.333. The Balaban J connectivity index is 2.04. The summed E-state index contributed by atoms with van der Waals surface area (Å²) >= 11 is 0. The highest BCUT2D eigenvalue weighted by molar-refractivity contribution is 5.80. The van der Waals surface area contributed by atoms with Crippen molar-refractivity contribution in [3.63, 3.8) is 0 Å². The van der Waals surface area contributed by atoms with E-state index in [2.05, 4.69) is 11.1 Å². The molecular formula is C15H15NO2. The second-order valence-corrected chi connectivity index (χ2v) is 5.12. The van der Waals surface area contributed by atoms with Crippen LogP contribution in [0.1, 0.15) is 31.2 Å². The van der Waals surface area contributed by atoms with E-state index in [-0.39, 0.29) is 11.8 Å². The van der Waals surface area contributed by atoms with Gasteiger partial charge in [-0.3, -0.25) is 9.78 Å². The maximum absolute atomic E-state index is 11.0. The Morgan fingerprint density at radius 3 is 2.83 bits per heavy atom. The van der Waals surface area contributed by atoms with Crippen molar-refractivity contribution in [2.45, 2.75) is 31.1 Å². The molecule has 0 aliphatic heterocycles. The lowest BCUT2D eigenvalue weighted by molar-refractivity contribution is -0.139. The second kappa shape index (κ2) is 4.09. The molecule has 3 nitrogen and oxygen atoms in total. The van der Waals surface area contributed by atoms with Crippen LogP contribution in [0.4, 0.5) is 0 Å². The third kappa shape index (κ3) is 1.76. The topological polar surface area (TPSA) is 50.2 Å². The highest BCUT2D eigenvalue weighted by atomic mass is 16.4. The van der Waals surface area contributed by atoms with Crippen molar-refractivity contribution in [2.75, 3.05) is 0 Å². The fourth-order valence-corrected chi connectivity index (χ4v) is 2.87. The number of carbonyl (C=O) groups is 1. The molecule has 18 heavy (non-hydrogen) atoms. The number of carboxylic acids is 1. The minimum absolute atomic E-state index is 0.143. The summed E-state index contributed by atoms with van der Waals surface area (Å²) in [5.74, 6) is -0.707. The van der Waals surface area contributed by atoms with Crippen LogP contribution in [-0.2, 0) is 10.2 Å². The quantitative estimate of drug-likeness (QED) is 0.898. The maximum Gasteiger partial charge on any atom is 0.304 e. The van der Waals surface area contributed by atoms with Crippen LogP contribution >= 0.6 is 0 Å². The van der Waals surface area contributed by atoms with E-state index < -0.39 is 5.97 Å². The predicted molar refractivity (Wildman–Crippen MR) is 69.5 cm³/mol. The van der Waals surface area contributed by atoms with Gasteiger partial charge in [0.2, 0.25) is 0 Å². The molecule has 0 bridgehead atoms. The highest BCUT2D eigenvalue weighted by Gasteiger charge is 2.40. The fourth-order valence-electron chi connectivity index (χ4n) is 2.87. The monoisotopic (exact) mass is 241 g/mol. The first-order valence-corrected chi connectivity index (χ1v) is 6.27. The van der Waals surface area contributed by atoms with Gasteiger partial charge in [0.05, 0.1) is 11.9 Å². The Hall–Kier alpha value is -1.90. The van der Waals surface area contributed by atoms with Crippen LogP contribution in [0.5, 0.6) is 0 Å². The Bertz CT molecular complexity index is 602. The van der Waals surface area contributed by atoms with E-state index >= 15 is 0 Å². The molecule has 1 aliphatic carbocycles. The molecule has 3 heteroatoms. The Morgan fingerprint density at radius 2 is 2.17 bits per heavy atom. The summed E-state index contributed by atoms with van der Waals surface area (Å²) in [7, 11) is 0. The SMILES string of the molecule is O=C(O)CC1(c2ccc3ncccc3c2)CCC1. The first-order valence-electron chi connectivity index (χ1n) is 6.27. The number of aliphatic carboxylic acids is 1. The maximum atomic E-state index is 11.0. The van der Waals surface area contributed by atoms with Crippen LogP contribution in [0.25, 0.3) is 10.9 Å². The zero-order valence-corrected chi connectivity index (χ0v) is 10.1. The van der Waals surface area contributed by atoms with Crippen LogP contribution in [0, 0.1) is 0 Å². The number of hydrogen-bond acceptors (Lipinski definition) is 2. The molecule has 0 amide bonds. The summed E-state index contributed by atoms with van der Waals surface area (Å²) in [6.07, 6.45) is 5.09. The number of aromatic nitrogens is 1. The van der Waals surface area contributed by atoms with Crippen molar-refractivity contribution in [1.82, 2.24) is 4.98 Å². The third-order valence-corrected chi connectivity index (χ3v) is 4.02. The van der Waals surface area contributed by atoms with Gasteiger partial charge in [-0.05, 0) is 36.6 Å². The summed E-state index contributed by atoms with van der Waals surface area (Å²) in [5.41, 5.74) is 1.97. The second-order valence-electron chi connectivity index (χ2n) is 5.12. The Labute approximate surface area is 105 Å². The number of hydrogen-bond donors (Lipinski definition) is 1. The number of carboxylic acid groups (broad SMARTS) is 1. The van der Waals surface area contributed by atoms with Gasteiger partial charge in [0, 0.05) is 17.0 Å². The van der Waals surface area contributed by atoms with E-state index in [9.17, 15) is 4.79 Å². The molecule has 1 aromatic carbocycles. The Kier molecular flexibility index (Phi) is 2.54. The number of fused-ring (bicyclic) bond motifs is 1. The van der Waals surface area contributed by atoms with Crippen LogP contribution in [-0.4, -0.2) is 16.1 Å². The smallest absolute Gasteiger partial charge is 0.304 e. The minimum atomic E-state index is -0.707. The van der Waals surface area contributed by atoms with Crippen LogP contribution in [0.3, 0.4) is 0 Å². The molecule has 0 spiro atoms. The summed E-state index contributed by atoms with van der Waals surface area (Å²) < 4.78 is 0. The first kappa shape index (κ1) is 11.2. The average Bonchev–Trinajstić information content (AvgIpc) is 2.33. The molecule has 92 valence electrons. The molecule has 0 saturated heterocycles. The van der Waals surface area contributed by atoms with Gasteiger partial charge in [0.1, 0.15) is 0 Å². The average molecular weight is 241 g/mol. The van der Waals surface area contributed by atoms with Gasteiger partial charge < -0.3 is 5.11 Å². The van der Waals surface area contributed by atoms with Crippen LogP contribution in [0.2, 0.25) is 0 Å². The zero-order chi connectivity index (χ0) is 12.6. The van der Waals surface area contributed by atoms with Crippen LogP contribution in [0.15, 0.2) is 36.5 Å². The first-order chi connectivity index (χ1) is 8.70. The van der Waals surface area contributed by atoms with E-state index in [0.717, 1.165) is 35.7 Å². The van der Waals surface area contributed by atoms with Gasteiger partial charge in [-0.1, -0.05) is 18.6 Å². The number of rotatable bonds is 3. The van der Waals surface area contributed by atoms with Gasteiger partial charge in [-0.25, -0.2) is 0 Å². The van der Waals surface area contributed by atoms with E-state index in [4.69, 9.17) is 5.11 Å². The highest BCUT2D eigenvalue weighted by Crippen LogP contribution is 2.46. The summed E-state index contributed by atoms with van der Waals surface area (Å²) in [6.45, 7) is 0. The van der Waals surface area contributed by atoms with E-state index in [1.165, 1.54) is 0 Å². The van der Waals surface area contributed by atoms with Crippen molar-refractivity contribution < 1.29 is 9.90 Å². The molecule has 2 aromatic rings. The lowest BCUT2D eigenvalue weighted by atomic mass is 9.62. The van der Waals surface area contributed by atoms with E-state index in [1.54, 1.807) is 6.20 Å². The van der Waals surface area contributed by atoms with Crippen molar-refractivity contribution in [3.8, 4) is 0 Å². The van der Waals surface area contributed by atoms with Crippen molar-refractivity contribution >= 4 is 16.9 Å². The molecular weight excluding hydrogens is 226 g/mol. The number of pyridine rings is 1. The van der Waals surface area contributed by atoms with Gasteiger partial charge >= 0.3 is 5.97 Å².